The molecule has 8 amide bonds. The van der Waals surface area contributed by atoms with Crippen molar-refractivity contribution in [3.63, 3.8) is 0 Å². The second-order valence-electron chi connectivity index (χ2n) is 17.6. The summed E-state index contributed by atoms with van der Waals surface area (Å²) in [5.74, 6) is -7.00. The van der Waals surface area contributed by atoms with E-state index in [-0.39, 0.29) is 32.1 Å². The first kappa shape index (κ1) is 63.8. The number of nitrogens with two attached hydrogens (primary N) is 1. The first-order valence-electron chi connectivity index (χ1n) is 25.0. The van der Waals surface area contributed by atoms with Crippen molar-refractivity contribution in [3.8, 4) is 0 Å². The molecular weight excluding hydrogens is 947 g/mol. The number of carbonyl (C=O) groups is 8. The van der Waals surface area contributed by atoms with Crippen molar-refractivity contribution in [2.75, 3.05) is 32.6 Å². The lowest BCUT2D eigenvalue weighted by molar-refractivity contribution is -0.134. The van der Waals surface area contributed by atoms with E-state index in [1.54, 1.807) is 0 Å². The van der Waals surface area contributed by atoms with Gasteiger partial charge in [0.2, 0.25) is 57.3 Å². The number of aromatic nitrogens is 2. The number of nitrogens with one attached hydrogen (secondary N) is 9. The minimum Gasteiger partial charge on any atom is -0.394 e. The monoisotopic (exact) mass is 1030 g/mol. The first-order valence-corrected chi connectivity index (χ1v) is 26.7. The number of sulfonamides is 1. The van der Waals surface area contributed by atoms with Crippen molar-refractivity contribution < 1.29 is 62.1 Å². The number of likely N-dealkylation sites (N-methyl/N-ethyl adjacent to an activating group) is 1. The molecule has 6 atom stereocenters. The molecule has 0 radical (unpaired) electrons. The Morgan fingerprint density at radius 2 is 1.17 bits per heavy atom. The van der Waals surface area contributed by atoms with Crippen LogP contribution in [0, 0.1) is 0 Å². The van der Waals surface area contributed by atoms with Crippen LogP contribution in [0.1, 0.15) is 154 Å². The Bertz CT molecular complexity index is 1860. The topological polar surface area (TPSA) is 382 Å². The van der Waals surface area contributed by atoms with Crippen molar-refractivity contribution in [1.82, 2.24) is 51.9 Å². The predicted molar refractivity (Wildman–Crippen MR) is 264 cm³/mol. The van der Waals surface area contributed by atoms with Gasteiger partial charge in [-0.2, -0.15) is 0 Å². The van der Waals surface area contributed by atoms with Gasteiger partial charge in [-0.05, 0) is 25.7 Å². The van der Waals surface area contributed by atoms with E-state index in [1.807, 2.05) is 11.6 Å². The van der Waals surface area contributed by atoms with Crippen LogP contribution >= 0.6 is 0 Å². The van der Waals surface area contributed by atoms with Crippen LogP contribution in [0.25, 0.3) is 0 Å². The van der Waals surface area contributed by atoms with Crippen molar-refractivity contribution >= 4 is 57.3 Å². The fourth-order valence-corrected chi connectivity index (χ4v) is 8.42. The Labute approximate surface area is 418 Å². The van der Waals surface area contributed by atoms with Gasteiger partial charge in [0.15, 0.2) is 0 Å². The molecule has 24 nitrogen and oxygen atoms in total. The van der Waals surface area contributed by atoms with E-state index >= 15 is 0 Å². The highest BCUT2D eigenvalue weighted by Gasteiger charge is 2.33. The third-order valence-corrected chi connectivity index (χ3v) is 12.8. The van der Waals surface area contributed by atoms with E-state index in [2.05, 4.69) is 54.1 Å². The largest absolute Gasteiger partial charge is 0.394 e. The van der Waals surface area contributed by atoms with Crippen molar-refractivity contribution in [1.29, 1.82) is 0 Å². The van der Waals surface area contributed by atoms with Gasteiger partial charge in [0, 0.05) is 38.9 Å². The van der Waals surface area contributed by atoms with E-state index in [4.69, 9.17) is 5.73 Å². The molecule has 0 saturated carbocycles. The number of aliphatic hydroxyl groups excluding tert-OH is 3. The van der Waals surface area contributed by atoms with Gasteiger partial charge < -0.3 is 57.9 Å². The zero-order valence-corrected chi connectivity index (χ0v) is 42.7. The summed E-state index contributed by atoms with van der Waals surface area (Å²) in [4.78, 5) is 109. The molecule has 25 heteroatoms. The number of imidazole rings is 1. The van der Waals surface area contributed by atoms with Crippen LogP contribution in [0.3, 0.4) is 0 Å². The van der Waals surface area contributed by atoms with Gasteiger partial charge in [-0.1, -0.05) is 104 Å². The summed E-state index contributed by atoms with van der Waals surface area (Å²) in [6, 6.07) is -6.96. The van der Waals surface area contributed by atoms with Crippen molar-refractivity contribution in [2.45, 2.75) is 192 Å². The van der Waals surface area contributed by atoms with E-state index in [0.29, 0.717) is 25.0 Å². The highest BCUT2D eigenvalue weighted by atomic mass is 32.2. The molecule has 0 aliphatic heterocycles. The molecule has 0 fully saturated rings. The average Bonchev–Trinajstić information content (AvgIpc) is 3.85. The van der Waals surface area contributed by atoms with Crippen LogP contribution < -0.4 is 47.7 Å². The second kappa shape index (κ2) is 37.5. The van der Waals surface area contributed by atoms with Crippen LogP contribution in [0.15, 0.2) is 12.5 Å². The lowest BCUT2D eigenvalue weighted by Gasteiger charge is -2.30. The smallest absolute Gasteiger partial charge is 0.245 e. The molecular formula is C46H83N11O13S. The van der Waals surface area contributed by atoms with Crippen molar-refractivity contribution in [3.05, 3.63) is 18.2 Å². The number of H-pyrrole nitrogens is 1. The van der Waals surface area contributed by atoms with Crippen LogP contribution in [-0.2, 0) is 54.8 Å². The zero-order valence-electron chi connectivity index (χ0n) is 41.9. The Morgan fingerprint density at radius 3 is 1.70 bits per heavy atom. The second-order valence-corrected chi connectivity index (χ2v) is 19.5. The van der Waals surface area contributed by atoms with Gasteiger partial charge in [0.25, 0.3) is 0 Å². The SMILES string of the molecule is CCCCCCCCCCCCCCCC(=O)NS(=O)(=O)CCCC(=O)NCC(=O)NC(CO)C(=O)N[C@@H](CCC(N)=O)C(=O)N[C@@H](Cc1c[nH]cn1)C(O)NC(CO)C(=O)N[C@@H](CCCC)C(=O)NC. The van der Waals surface area contributed by atoms with Crippen LogP contribution in [0.5, 0.6) is 0 Å². The molecule has 14 N–H and O–H groups in total. The maximum absolute atomic E-state index is 13.7. The third-order valence-electron chi connectivity index (χ3n) is 11.5. The fraction of sp³-hybridized carbons (Fsp3) is 0.761. The number of amides is 8. The predicted octanol–water partition coefficient (Wildman–Crippen LogP) is -0.822. The summed E-state index contributed by atoms with van der Waals surface area (Å²) >= 11 is 0. The quantitative estimate of drug-likeness (QED) is 0.0281. The van der Waals surface area contributed by atoms with E-state index in [0.717, 1.165) is 32.1 Å². The lowest BCUT2D eigenvalue weighted by Crippen LogP contribution is -2.62. The number of unbranched alkanes of at least 4 members (excludes halogenated alkanes) is 13. The summed E-state index contributed by atoms with van der Waals surface area (Å²) in [5.41, 5.74) is 5.65. The Hall–Kier alpha value is -5.24. The normalized spacial score (nSPS) is 13.9. The highest BCUT2D eigenvalue weighted by Crippen LogP contribution is 2.13. The number of aliphatic hydroxyl groups is 3. The van der Waals surface area contributed by atoms with Gasteiger partial charge >= 0.3 is 0 Å². The van der Waals surface area contributed by atoms with E-state index < -0.39 is 126 Å². The number of aromatic amines is 1. The number of hydrogen-bond donors (Lipinski definition) is 13. The maximum Gasteiger partial charge on any atom is 0.245 e. The van der Waals surface area contributed by atoms with E-state index in [1.165, 1.54) is 70.9 Å². The first-order chi connectivity index (χ1) is 33.9. The molecule has 0 aliphatic rings. The van der Waals surface area contributed by atoms with Gasteiger partial charge in [-0.25, -0.2) is 13.4 Å². The van der Waals surface area contributed by atoms with Crippen LogP contribution in [0.4, 0.5) is 0 Å². The fourth-order valence-electron chi connectivity index (χ4n) is 7.35. The van der Waals surface area contributed by atoms with E-state index in [9.17, 15) is 62.1 Å². The maximum atomic E-state index is 13.7. The number of primary amides is 1. The summed E-state index contributed by atoms with van der Waals surface area (Å²) in [5, 5.41) is 48.3. The molecule has 1 heterocycles. The Balaban J connectivity index is 2.73. The molecule has 1 rings (SSSR count). The summed E-state index contributed by atoms with van der Waals surface area (Å²) < 4.78 is 26.9. The van der Waals surface area contributed by atoms with Gasteiger partial charge in [-0.3, -0.25) is 48.4 Å². The summed E-state index contributed by atoms with van der Waals surface area (Å²) in [6.07, 6.45) is 16.0. The molecule has 0 bridgehead atoms. The molecule has 0 aliphatic carbocycles. The highest BCUT2D eigenvalue weighted by molar-refractivity contribution is 7.90. The molecule has 0 spiro atoms. The lowest BCUT2D eigenvalue weighted by atomic mass is 10.0. The van der Waals surface area contributed by atoms with Gasteiger partial charge in [-0.15, -0.1) is 0 Å². The zero-order chi connectivity index (χ0) is 53.0. The van der Waals surface area contributed by atoms with Gasteiger partial charge in [0.1, 0.15) is 30.4 Å². The number of hydrogen-bond acceptors (Lipinski definition) is 15. The standard InChI is InChI=1S/C46H83N11O13S/c1-4-6-8-9-10-11-12-13-14-15-16-17-18-21-40(62)57-71(69,70)25-19-22-39(61)50-28-41(63)52-36(29-58)45(67)54-34(23-24-38(47)60)43(65)55-35(26-32-27-49-31-51-32)44(66)56-37(30-59)46(68)53-33(20-7-5-2)42(64)48-3/h27,31,33-37,44,56,58-59,66H,4-26,28-30H2,1-3H3,(H2,47,60)(H,48,64)(H,49,51)(H,50,61)(H,52,63)(H,53,68)(H,54,67)(H,55,65)(H,57,62)/t33-,34-,35-,36?,37?,44?/m0/s1. The average molecular weight is 1030 g/mol. The van der Waals surface area contributed by atoms with Crippen LogP contribution in [-0.4, -0.2) is 150 Å². The summed E-state index contributed by atoms with van der Waals surface area (Å²) in [7, 11) is -2.61. The molecule has 71 heavy (non-hydrogen) atoms. The third kappa shape index (κ3) is 29.6. The minimum absolute atomic E-state index is 0.0636. The van der Waals surface area contributed by atoms with Crippen molar-refractivity contribution in [2.24, 2.45) is 5.73 Å². The molecule has 0 saturated heterocycles. The molecule has 0 aromatic carbocycles. The number of nitrogens with zero attached hydrogens (tertiary/aromatic N) is 1. The molecule has 1 aromatic heterocycles. The minimum atomic E-state index is -4.01. The number of carbonyl (C=O) groups excluding carboxylic acids is 8. The Morgan fingerprint density at radius 1 is 0.634 bits per heavy atom. The number of rotatable bonds is 42. The molecule has 3 unspecified atom stereocenters. The molecule has 406 valence electrons. The summed E-state index contributed by atoms with van der Waals surface area (Å²) in [6.45, 7) is 1.61. The van der Waals surface area contributed by atoms with Crippen LogP contribution in [0.2, 0.25) is 0 Å². The van der Waals surface area contributed by atoms with Gasteiger partial charge in [0.05, 0.1) is 43.6 Å². The Kier molecular flexibility index (Phi) is 33.7. The molecule has 1 aromatic rings.